The highest BCUT2D eigenvalue weighted by molar-refractivity contribution is 6.35. The van der Waals surface area contributed by atoms with Gasteiger partial charge >= 0.3 is 0 Å². The number of carbonyl (C=O) groups excluding carboxylic acids is 1. The first-order valence-corrected chi connectivity index (χ1v) is 11.6. The maximum absolute atomic E-state index is 13.0. The summed E-state index contributed by atoms with van der Waals surface area (Å²) in [5.41, 5.74) is 2.25. The lowest BCUT2D eigenvalue weighted by molar-refractivity contribution is 0.102. The number of nitrogens with one attached hydrogen (secondary N) is 2. The van der Waals surface area contributed by atoms with Crippen LogP contribution in [0.25, 0.3) is 10.9 Å². The van der Waals surface area contributed by atoms with Crippen molar-refractivity contribution < 1.29 is 9.53 Å². The molecule has 4 heterocycles. The molecule has 1 aromatic carbocycles. The van der Waals surface area contributed by atoms with Crippen molar-refractivity contribution in [1.29, 1.82) is 0 Å². The van der Waals surface area contributed by atoms with Crippen molar-refractivity contribution in [3.63, 3.8) is 0 Å². The molecule has 1 amide bonds. The van der Waals surface area contributed by atoms with Gasteiger partial charge in [-0.2, -0.15) is 10.2 Å². The summed E-state index contributed by atoms with van der Waals surface area (Å²) in [7, 11) is 2.10. The number of ether oxygens (including phenoxy) is 1. The molecule has 1 fully saturated rings. The largest absolute Gasteiger partial charge is 0.486 e. The maximum atomic E-state index is 13.0. The van der Waals surface area contributed by atoms with Crippen LogP contribution < -0.4 is 10.1 Å². The number of aromatic amines is 1. The zero-order valence-corrected chi connectivity index (χ0v) is 20.1. The van der Waals surface area contributed by atoms with Gasteiger partial charge in [0.15, 0.2) is 5.69 Å². The summed E-state index contributed by atoms with van der Waals surface area (Å²) in [5, 5.41) is 15.8. The van der Waals surface area contributed by atoms with E-state index in [-0.39, 0.29) is 11.6 Å². The minimum atomic E-state index is -0.425. The first-order chi connectivity index (χ1) is 16.4. The van der Waals surface area contributed by atoms with Gasteiger partial charge in [0.1, 0.15) is 11.9 Å². The lowest BCUT2D eigenvalue weighted by Crippen LogP contribution is -2.45. The zero-order chi connectivity index (χ0) is 23.8. The zero-order valence-electron chi connectivity index (χ0n) is 18.6. The van der Waals surface area contributed by atoms with Gasteiger partial charge in [-0.1, -0.05) is 23.2 Å². The number of nitrogens with zero attached hydrogens (tertiary/aromatic N) is 5. The molecular formula is C23H23Cl2N7O2. The Hall–Kier alpha value is -3.14. The summed E-state index contributed by atoms with van der Waals surface area (Å²) in [6, 6.07) is 5.37. The van der Waals surface area contributed by atoms with E-state index in [1.807, 2.05) is 23.9 Å². The predicted octanol–water partition coefficient (Wildman–Crippen LogP) is 4.42. The van der Waals surface area contributed by atoms with Crippen LogP contribution in [0.3, 0.4) is 0 Å². The quantitative estimate of drug-likeness (QED) is 0.390. The fraction of sp³-hybridized carbons (Fsp3) is 0.304. The van der Waals surface area contributed by atoms with Gasteiger partial charge in [0, 0.05) is 55.1 Å². The van der Waals surface area contributed by atoms with E-state index in [4.69, 9.17) is 27.9 Å². The van der Waals surface area contributed by atoms with Gasteiger partial charge in [-0.15, -0.1) is 0 Å². The van der Waals surface area contributed by atoms with Gasteiger partial charge in [-0.3, -0.25) is 19.6 Å². The highest BCUT2D eigenvalue weighted by Crippen LogP contribution is 2.33. The molecule has 1 aliphatic rings. The molecule has 0 radical (unpaired) electrons. The van der Waals surface area contributed by atoms with E-state index in [0.717, 1.165) is 25.2 Å². The van der Waals surface area contributed by atoms with Crippen LogP contribution in [0.15, 0.2) is 43.0 Å². The van der Waals surface area contributed by atoms with Gasteiger partial charge in [0.25, 0.3) is 5.91 Å². The SMILES string of the molecule is C[C@@H](Oc1ccc2[nH]nc(C(=O)Nc3cnn(CC4CN(C)C4)c3)c2c1)c1c(Cl)cncc1Cl. The first kappa shape index (κ1) is 22.6. The molecular weight excluding hydrogens is 477 g/mol. The number of fused-ring (bicyclic) bond motifs is 1. The Kier molecular flexibility index (Phi) is 6.16. The maximum Gasteiger partial charge on any atom is 0.276 e. The van der Waals surface area contributed by atoms with Crippen LogP contribution in [-0.2, 0) is 6.54 Å². The van der Waals surface area contributed by atoms with Gasteiger partial charge in [-0.25, -0.2) is 0 Å². The molecule has 0 spiro atoms. The van der Waals surface area contributed by atoms with E-state index in [1.165, 1.54) is 12.4 Å². The van der Waals surface area contributed by atoms with Crippen molar-refractivity contribution >= 4 is 45.7 Å². The number of benzene rings is 1. The molecule has 1 saturated heterocycles. The molecule has 0 bridgehead atoms. The molecule has 0 unspecified atom stereocenters. The lowest BCUT2D eigenvalue weighted by Gasteiger charge is -2.35. The Bertz CT molecular complexity index is 1330. The second kappa shape index (κ2) is 9.25. The number of anilines is 1. The molecule has 3 aromatic heterocycles. The number of H-pyrrole nitrogens is 1. The standard InChI is InChI=1S/C23H23Cl2N7O2/c1-13(21-18(24)7-26-8-19(21)25)34-16-3-4-20-17(5-16)22(30-29-20)23(33)28-15-6-27-32(12-15)11-14-9-31(2)10-14/h3-8,12-14H,9-11H2,1-2H3,(H,28,33)(H,29,30)/t13-/m1/s1. The Morgan fingerprint density at radius 1 is 1.26 bits per heavy atom. The van der Waals surface area contributed by atoms with Crippen LogP contribution in [-0.4, -0.2) is 55.9 Å². The van der Waals surface area contributed by atoms with Crippen molar-refractivity contribution in [3.05, 3.63) is 64.3 Å². The van der Waals surface area contributed by atoms with E-state index in [2.05, 4.69) is 37.5 Å². The third kappa shape index (κ3) is 4.59. The second-order valence-corrected chi connectivity index (χ2v) is 9.36. The van der Waals surface area contributed by atoms with Gasteiger partial charge < -0.3 is 15.0 Å². The average molecular weight is 500 g/mol. The Balaban J connectivity index is 1.31. The number of halogens is 2. The van der Waals surface area contributed by atoms with Crippen molar-refractivity contribution in [2.45, 2.75) is 19.6 Å². The summed E-state index contributed by atoms with van der Waals surface area (Å²) in [6.45, 7) is 4.79. The van der Waals surface area contributed by atoms with Crippen LogP contribution in [0.1, 0.15) is 29.1 Å². The topological polar surface area (TPSA) is 101 Å². The molecule has 0 saturated carbocycles. The van der Waals surface area contributed by atoms with Crippen LogP contribution in [0.4, 0.5) is 5.69 Å². The van der Waals surface area contributed by atoms with Crippen molar-refractivity contribution in [1.82, 2.24) is 29.9 Å². The summed E-state index contributed by atoms with van der Waals surface area (Å²) in [6.07, 6.45) is 6.11. The lowest BCUT2D eigenvalue weighted by atomic mass is 10.0. The fourth-order valence-electron chi connectivity index (χ4n) is 4.24. The second-order valence-electron chi connectivity index (χ2n) is 8.55. The number of aromatic nitrogens is 5. The molecule has 1 aliphatic heterocycles. The normalized spacial score (nSPS) is 15.3. The van der Waals surface area contributed by atoms with E-state index >= 15 is 0 Å². The van der Waals surface area contributed by atoms with Crippen LogP contribution in [0.5, 0.6) is 5.75 Å². The Labute approximate surface area is 206 Å². The summed E-state index contributed by atoms with van der Waals surface area (Å²) in [5.74, 6) is 0.804. The van der Waals surface area contributed by atoms with Gasteiger partial charge in [-0.05, 0) is 32.2 Å². The van der Waals surface area contributed by atoms with Gasteiger partial charge in [0.2, 0.25) is 0 Å². The third-order valence-corrected chi connectivity index (χ3v) is 6.44. The molecule has 34 heavy (non-hydrogen) atoms. The van der Waals surface area contributed by atoms with E-state index in [0.29, 0.717) is 38.3 Å². The number of pyridine rings is 1. The number of hydrogen-bond acceptors (Lipinski definition) is 6. The molecule has 4 aromatic rings. The molecule has 0 aliphatic carbocycles. The molecule has 176 valence electrons. The summed E-state index contributed by atoms with van der Waals surface area (Å²) < 4.78 is 7.93. The highest BCUT2D eigenvalue weighted by atomic mass is 35.5. The average Bonchev–Trinajstić information content (AvgIpc) is 3.39. The third-order valence-electron chi connectivity index (χ3n) is 5.84. The fourth-order valence-corrected chi connectivity index (χ4v) is 4.91. The molecule has 9 nitrogen and oxygen atoms in total. The van der Waals surface area contributed by atoms with Crippen molar-refractivity contribution in [2.75, 3.05) is 25.5 Å². The van der Waals surface area contributed by atoms with Gasteiger partial charge in [0.05, 0.1) is 27.4 Å². The van der Waals surface area contributed by atoms with Crippen LogP contribution in [0, 0.1) is 5.92 Å². The van der Waals surface area contributed by atoms with Crippen molar-refractivity contribution in [3.8, 4) is 5.75 Å². The number of rotatable bonds is 7. The molecule has 11 heteroatoms. The summed E-state index contributed by atoms with van der Waals surface area (Å²) in [4.78, 5) is 19.2. The van der Waals surface area contributed by atoms with E-state index in [9.17, 15) is 4.79 Å². The monoisotopic (exact) mass is 499 g/mol. The number of carbonyl (C=O) groups is 1. The van der Waals surface area contributed by atoms with Crippen LogP contribution in [0.2, 0.25) is 10.0 Å². The number of amides is 1. The molecule has 5 rings (SSSR count). The molecule has 2 N–H and O–H groups in total. The Morgan fingerprint density at radius 3 is 2.76 bits per heavy atom. The smallest absolute Gasteiger partial charge is 0.276 e. The summed E-state index contributed by atoms with van der Waals surface area (Å²) >= 11 is 12.5. The Morgan fingerprint density at radius 2 is 2.03 bits per heavy atom. The van der Waals surface area contributed by atoms with Crippen LogP contribution >= 0.6 is 23.2 Å². The van der Waals surface area contributed by atoms with E-state index < -0.39 is 6.10 Å². The molecule has 1 atom stereocenters. The minimum Gasteiger partial charge on any atom is -0.486 e. The minimum absolute atomic E-state index is 0.265. The van der Waals surface area contributed by atoms with Crippen molar-refractivity contribution in [2.24, 2.45) is 5.92 Å². The number of hydrogen-bond donors (Lipinski definition) is 2. The van der Waals surface area contributed by atoms with E-state index in [1.54, 1.807) is 18.3 Å². The predicted molar refractivity (Wildman–Crippen MR) is 131 cm³/mol. The number of likely N-dealkylation sites (tertiary alicyclic amines) is 1. The first-order valence-electron chi connectivity index (χ1n) is 10.8. The highest BCUT2D eigenvalue weighted by Gasteiger charge is 2.24.